The summed E-state index contributed by atoms with van der Waals surface area (Å²) in [4.78, 5) is 11.7. The van der Waals surface area contributed by atoms with Gasteiger partial charge >= 0.3 is 6.18 Å². The number of amides is 1. The molecule has 1 rings (SSSR count). The average molecular weight is 325 g/mol. The Morgan fingerprint density at radius 3 is 2.44 bits per heavy atom. The van der Waals surface area contributed by atoms with E-state index < -0.39 is 17.6 Å². The topological polar surface area (TPSA) is 41.1 Å². The van der Waals surface area contributed by atoms with Gasteiger partial charge in [0.15, 0.2) is 0 Å². The smallest absolute Gasteiger partial charge is 0.387 e. The minimum atomic E-state index is -4.47. The van der Waals surface area contributed by atoms with Crippen LogP contribution in [-0.2, 0) is 6.18 Å². The van der Waals surface area contributed by atoms with E-state index in [1.54, 1.807) is 6.92 Å². The van der Waals surface area contributed by atoms with Crippen LogP contribution in [0.4, 0.5) is 18.9 Å². The number of carbonyl (C=O) groups excluding carboxylic acids is 1. The van der Waals surface area contributed by atoms with Crippen LogP contribution in [-0.4, -0.2) is 19.5 Å². The third-order valence-corrected chi connectivity index (χ3v) is 2.92. The SMILES string of the molecule is CCNC(=O)c1cc(Br)c(C(F)(F)F)cc1NC. The molecule has 0 aliphatic rings. The van der Waals surface area contributed by atoms with Crippen LogP contribution < -0.4 is 10.6 Å². The van der Waals surface area contributed by atoms with Gasteiger partial charge in [-0.1, -0.05) is 15.9 Å². The molecular formula is C11H12BrF3N2O. The number of hydrogen-bond donors (Lipinski definition) is 2. The predicted molar refractivity (Wildman–Crippen MR) is 66.7 cm³/mol. The molecule has 1 aromatic carbocycles. The Hall–Kier alpha value is -1.24. The number of rotatable bonds is 3. The zero-order valence-corrected chi connectivity index (χ0v) is 11.4. The first-order valence-corrected chi connectivity index (χ1v) is 5.97. The van der Waals surface area contributed by atoms with Crippen LogP contribution in [0.3, 0.4) is 0 Å². The Morgan fingerprint density at radius 1 is 1.39 bits per heavy atom. The van der Waals surface area contributed by atoms with Crippen molar-refractivity contribution in [3.63, 3.8) is 0 Å². The normalized spacial score (nSPS) is 11.2. The largest absolute Gasteiger partial charge is 0.417 e. The second kappa shape index (κ2) is 5.60. The summed E-state index contributed by atoms with van der Waals surface area (Å²) in [6.45, 7) is 2.14. The maximum Gasteiger partial charge on any atom is 0.417 e. The summed E-state index contributed by atoms with van der Waals surface area (Å²) < 4.78 is 37.9. The highest BCUT2D eigenvalue weighted by molar-refractivity contribution is 9.10. The van der Waals surface area contributed by atoms with Gasteiger partial charge in [0.2, 0.25) is 0 Å². The molecule has 100 valence electrons. The van der Waals surface area contributed by atoms with Gasteiger partial charge in [0.1, 0.15) is 0 Å². The Morgan fingerprint density at radius 2 is 2.00 bits per heavy atom. The Labute approximate surface area is 111 Å². The highest BCUT2D eigenvalue weighted by atomic mass is 79.9. The van der Waals surface area contributed by atoms with Crippen molar-refractivity contribution in [2.45, 2.75) is 13.1 Å². The Balaban J connectivity index is 3.32. The lowest BCUT2D eigenvalue weighted by Gasteiger charge is -2.15. The lowest BCUT2D eigenvalue weighted by Crippen LogP contribution is -2.24. The summed E-state index contributed by atoms with van der Waals surface area (Å²) in [6.07, 6.45) is -4.47. The van der Waals surface area contributed by atoms with Crippen molar-refractivity contribution < 1.29 is 18.0 Å². The van der Waals surface area contributed by atoms with Crippen molar-refractivity contribution in [2.75, 3.05) is 18.9 Å². The number of halogens is 4. The zero-order chi connectivity index (χ0) is 13.9. The van der Waals surface area contributed by atoms with Crippen LogP contribution in [0.25, 0.3) is 0 Å². The van der Waals surface area contributed by atoms with Gasteiger partial charge in [0.25, 0.3) is 5.91 Å². The van der Waals surface area contributed by atoms with Crippen LogP contribution in [0.1, 0.15) is 22.8 Å². The van der Waals surface area contributed by atoms with E-state index >= 15 is 0 Å². The van der Waals surface area contributed by atoms with Gasteiger partial charge in [-0.2, -0.15) is 13.2 Å². The molecule has 1 amide bonds. The summed E-state index contributed by atoms with van der Waals surface area (Å²) in [7, 11) is 1.46. The Kier molecular flexibility index (Phi) is 4.61. The minimum absolute atomic E-state index is 0.136. The quantitative estimate of drug-likeness (QED) is 0.896. The van der Waals surface area contributed by atoms with E-state index in [1.807, 2.05) is 0 Å². The summed E-state index contributed by atoms with van der Waals surface area (Å²) in [6, 6.07) is 2.08. The highest BCUT2D eigenvalue weighted by Gasteiger charge is 2.34. The van der Waals surface area contributed by atoms with Crippen molar-refractivity contribution in [1.29, 1.82) is 0 Å². The van der Waals surface area contributed by atoms with E-state index in [2.05, 4.69) is 26.6 Å². The molecule has 2 N–H and O–H groups in total. The molecule has 0 unspecified atom stereocenters. The first-order chi connectivity index (χ1) is 8.31. The van der Waals surface area contributed by atoms with Crippen LogP contribution in [0.15, 0.2) is 16.6 Å². The number of anilines is 1. The fraction of sp³-hybridized carbons (Fsp3) is 0.364. The number of alkyl halides is 3. The highest BCUT2D eigenvalue weighted by Crippen LogP contribution is 2.37. The van der Waals surface area contributed by atoms with Crippen LogP contribution in [0.2, 0.25) is 0 Å². The molecule has 0 heterocycles. The standard InChI is InChI=1S/C11H12BrF3N2O/c1-3-17-10(18)6-4-8(12)7(11(13,14)15)5-9(6)16-2/h4-5,16H,3H2,1-2H3,(H,17,18). The molecule has 0 saturated carbocycles. The van der Waals surface area contributed by atoms with Gasteiger partial charge in [-0.05, 0) is 19.1 Å². The number of benzene rings is 1. The van der Waals surface area contributed by atoms with E-state index in [1.165, 1.54) is 13.1 Å². The third kappa shape index (κ3) is 3.16. The predicted octanol–water partition coefficient (Wildman–Crippen LogP) is 3.26. The first-order valence-electron chi connectivity index (χ1n) is 5.18. The zero-order valence-electron chi connectivity index (χ0n) is 9.78. The lowest BCUT2D eigenvalue weighted by atomic mass is 10.1. The maximum atomic E-state index is 12.7. The van der Waals surface area contributed by atoms with Gasteiger partial charge in [-0.15, -0.1) is 0 Å². The van der Waals surface area contributed by atoms with Gasteiger partial charge < -0.3 is 10.6 Å². The van der Waals surface area contributed by atoms with Crippen LogP contribution >= 0.6 is 15.9 Å². The molecule has 0 aromatic heterocycles. The van der Waals surface area contributed by atoms with Crippen molar-refractivity contribution in [2.24, 2.45) is 0 Å². The molecule has 3 nitrogen and oxygen atoms in total. The molecule has 1 aromatic rings. The number of nitrogens with one attached hydrogen (secondary N) is 2. The fourth-order valence-electron chi connectivity index (χ4n) is 1.44. The number of carbonyl (C=O) groups is 1. The van der Waals surface area contributed by atoms with Gasteiger partial charge in [-0.25, -0.2) is 0 Å². The molecule has 7 heteroatoms. The maximum absolute atomic E-state index is 12.7. The van der Waals surface area contributed by atoms with E-state index in [0.29, 0.717) is 6.54 Å². The second-order valence-corrected chi connectivity index (χ2v) is 4.34. The molecule has 0 radical (unpaired) electrons. The molecule has 0 atom stereocenters. The van der Waals surface area contributed by atoms with Crippen LogP contribution in [0, 0.1) is 0 Å². The van der Waals surface area contributed by atoms with Gasteiger partial charge in [0.05, 0.1) is 11.1 Å². The summed E-state index contributed by atoms with van der Waals surface area (Å²) in [5, 5.41) is 5.13. The molecule has 0 bridgehead atoms. The molecular weight excluding hydrogens is 313 g/mol. The third-order valence-electron chi connectivity index (χ3n) is 2.26. The Bertz CT molecular complexity index is 460. The summed E-state index contributed by atoms with van der Waals surface area (Å²) in [5.41, 5.74) is -0.518. The van der Waals surface area contributed by atoms with E-state index in [4.69, 9.17) is 0 Å². The van der Waals surface area contributed by atoms with Gasteiger partial charge in [0, 0.05) is 23.8 Å². The van der Waals surface area contributed by atoms with E-state index in [9.17, 15) is 18.0 Å². The summed E-state index contributed by atoms with van der Waals surface area (Å²) in [5.74, 6) is -0.420. The number of hydrogen-bond acceptors (Lipinski definition) is 2. The van der Waals surface area contributed by atoms with Crippen molar-refractivity contribution in [1.82, 2.24) is 5.32 Å². The molecule has 0 saturated heterocycles. The lowest BCUT2D eigenvalue weighted by molar-refractivity contribution is -0.138. The summed E-state index contributed by atoms with van der Waals surface area (Å²) >= 11 is 2.84. The average Bonchev–Trinajstić information content (AvgIpc) is 2.27. The van der Waals surface area contributed by atoms with E-state index in [0.717, 1.165) is 6.07 Å². The van der Waals surface area contributed by atoms with Crippen molar-refractivity contribution in [3.8, 4) is 0 Å². The van der Waals surface area contributed by atoms with Crippen molar-refractivity contribution in [3.05, 3.63) is 27.7 Å². The molecule has 18 heavy (non-hydrogen) atoms. The molecule has 0 spiro atoms. The monoisotopic (exact) mass is 324 g/mol. The fourth-order valence-corrected chi connectivity index (χ4v) is 2.01. The molecule has 0 aliphatic carbocycles. The minimum Gasteiger partial charge on any atom is -0.387 e. The molecule has 0 aliphatic heterocycles. The second-order valence-electron chi connectivity index (χ2n) is 3.48. The molecule has 0 fully saturated rings. The van der Waals surface area contributed by atoms with E-state index in [-0.39, 0.29) is 15.7 Å². The van der Waals surface area contributed by atoms with Crippen LogP contribution in [0.5, 0.6) is 0 Å². The van der Waals surface area contributed by atoms with Gasteiger partial charge in [-0.3, -0.25) is 4.79 Å². The van der Waals surface area contributed by atoms with Crippen molar-refractivity contribution >= 4 is 27.5 Å². The first kappa shape index (κ1) is 14.8.